The zero-order valence-electron chi connectivity index (χ0n) is 15.7. The molecule has 150 valence electrons. The highest BCUT2D eigenvalue weighted by Gasteiger charge is 2.35. The van der Waals surface area contributed by atoms with E-state index in [9.17, 15) is 20.1 Å². The minimum Gasteiger partial charge on any atom is -0.481 e. The van der Waals surface area contributed by atoms with E-state index in [2.05, 4.69) is 6.92 Å². The van der Waals surface area contributed by atoms with Gasteiger partial charge in [-0.25, -0.2) is 0 Å². The second-order valence-corrected chi connectivity index (χ2v) is 6.95. The lowest BCUT2D eigenvalue weighted by molar-refractivity contribution is -0.137. The summed E-state index contributed by atoms with van der Waals surface area (Å²) in [7, 11) is 0. The van der Waals surface area contributed by atoms with Crippen molar-refractivity contribution >= 4 is 5.97 Å². The number of aliphatic carboxylic acids is 1. The van der Waals surface area contributed by atoms with Crippen LogP contribution in [0.25, 0.3) is 0 Å². The van der Waals surface area contributed by atoms with Gasteiger partial charge in [-0.3, -0.25) is 4.79 Å². The molecular formula is C20H34O6. The van der Waals surface area contributed by atoms with Crippen molar-refractivity contribution in [2.24, 2.45) is 0 Å². The summed E-state index contributed by atoms with van der Waals surface area (Å²) in [5, 5.41) is 38.7. The summed E-state index contributed by atoms with van der Waals surface area (Å²) < 4.78 is 5.71. The van der Waals surface area contributed by atoms with E-state index in [1.165, 1.54) is 0 Å². The molecule has 0 aromatic carbocycles. The lowest BCUT2D eigenvalue weighted by Crippen LogP contribution is -2.25. The van der Waals surface area contributed by atoms with Gasteiger partial charge in [0.2, 0.25) is 0 Å². The highest BCUT2D eigenvalue weighted by molar-refractivity contribution is 5.66. The molecule has 4 N–H and O–H groups in total. The third-order valence-electron chi connectivity index (χ3n) is 4.55. The smallest absolute Gasteiger partial charge is 0.303 e. The Kier molecular flexibility index (Phi) is 11.4. The number of unbranched alkanes of at least 4 members (excludes halogenated alkanes) is 3. The number of carboxylic acid groups (broad SMARTS) is 1. The van der Waals surface area contributed by atoms with Crippen molar-refractivity contribution in [1.29, 1.82) is 0 Å². The fourth-order valence-corrected chi connectivity index (χ4v) is 2.96. The molecule has 0 aromatic heterocycles. The maximum atomic E-state index is 10.4. The number of ether oxygens (including phenoxy) is 1. The maximum Gasteiger partial charge on any atom is 0.303 e. The SMILES string of the molecule is CCCCC[C@@H](O)/C=C/[C@@H]1O[C@@H]([C@H](O)C/C=C\CCCC(=O)O)C[C@H]1O. The molecule has 0 radical (unpaired) electrons. The standard InChI is InChI=1S/C20H34O6/c1-2-3-6-9-15(21)12-13-18-17(23)14-19(26-18)16(22)10-7-4-5-8-11-20(24)25/h4,7,12-13,15-19,21-23H,2-3,5-6,8-11,14H2,1H3,(H,24,25)/b7-4-,13-12+/t15-,16-,17-,18+,19-/m1/s1. The number of aliphatic hydroxyl groups is 3. The number of aliphatic hydroxyl groups excluding tert-OH is 3. The van der Waals surface area contributed by atoms with Crippen LogP contribution in [-0.4, -0.2) is 56.9 Å². The molecular weight excluding hydrogens is 336 g/mol. The molecule has 1 rings (SSSR count). The summed E-state index contributed by atoms with van der Waals surface area (Å²) in [4.78, 5) is 10.4. The van der Waals surface area contributed by atoms with Gasteiger partial charge in [0.05, 0.1) is 24.4 Å². The van der Waals surface area contributed by atoms with Gasteiger partial charge in [-0.15, -0.1) is 0 Å². The Bertz CT molecular complexity index is 448. The van der Waals surface area contributed by atoms with Gasteiger partial charge in [-0.1, -0.05) is 50.5 Å². The van der Waals surface area contributed by atoms with Crippen LogP contribution in [-0.2, 0) is 9.53 Å². The van der Waals surface area contributed by atoms with Crippen molar-refractivity contribution in [2.75, 3.05) is 0 Å². The van der Waals surface area contributed by atoms with Crippen LogP contribution in [0.2, 0.25) is 0 Å². The minimum absolute atomic E-state index is 0.142. The Hall–Kier alpha value is -1.21. The molecule has 1 fully saturated rings. The quantitative estimate of drug-likeness (QED) is 0.293. The van der Waals surface area contributed by atoms with E-state index < -0.39 is 36.5 Å². The van der Waals surface area contributed by atoms with Crippen LogP contribution in [0, 0.1) is 0 Å². The fraction of sp³-hybridized carbons (Fsp3) is 0.750. The van der Waals surface area contributed by atoms with Crippen molar-refractivity contribution in [1.82, 2.24) is 0 Å². The van der Waals surface area contributed by atoms with Gasteiger partial charge < -0.3 is 25.2 Å². The molecule has 0 aromatic rings. The normalized spacial score (nSPS) is 25.9. The van der Waals surface area contributed by atoms with Gasteiger partial charge in [0.1, 0.15) is 6.10 Å². The third kappa shape index (κ3) is 9.48. The lowest BCUT2D eigenvalue weighted by Gasteiger charge is -2.16. The van der Waals surface area contributed by atoms with Crippen molar-refractivity contribution in [2.45, 2.75) is 95.2 Å². The van der Waals surface area contributed by atoms with E-state index in [0.717, 1.165) is 19.3 Å². The Morgan fingerprint density at radius 1 is 1.23 bits per heavy atom. The molecule has 6 nitrogen and oxygen atoms in total. The van der Waals surface area contributed by atoms with E-state index in [1.54, 1.807) is 12.2 Å². The molecule has 5 atom stereocenters. The van der Waals surface area contributed by atoms with Gasteiger partial charge in [-0.2, -0.15) is 0 Å². The van der Waals surface area contributed by atoms with Crippen LogP contribution in [0.15, 0.2) is 24.3 Å². The van der Waals surface area contributed by atoms with Gasteiger partial charge in [0.15, 0.2) is 0 Å². The molecule has 1 saturated heterocycles. The second kappa shape index (κ2) is 13.0. The van der Waals surface area contributed by atoms with Crippen molar-refractivity contribution in [3.63, 3.8) is 0 Å². The molecule has 0 amide bonds. The minimum atomic E-state index is -0.804. The van der Waals surface area contributed by atoms with Crippen molar-refractivity contribution in [3.05, 3.63) is 24.3 Å². The molecule has 6 heteroatoms. The van der Waals surface area contributed by atoms with Gasteiger partial charge in [0.25, 0.3) is 0 Å². The molecule has 1 aliphatic heterocycles. The highest BCUT2D eigenvalue weighted by Crippen LogP contribution is 2.25. The van der Waals surface area contributed by atoms with Gasteiger partial charge >= 0.3 is 5.97 Å². The van der Waals surface area contributed by atoms with Crippen LogP contribution in [0.4, 0.5) is 0 Å². The molecule has 0 bridgehead atoms. The largest absolute Gasteiger partial charge is 0.481 e. The van der Waals surface area contributed by atoms with Crippen LogP contribution in [0.1, 0.15) is 64.7 Å². The first kappa shape index (κ1) is 22.8. The topological polar surface area (TPSA) is 107 Å². The summed E-state index contributed by atoms with van der Waals surface area (Å²) in [5.74, 6) is -0.804. The Balaban J connectivity index is 2.30. The maximum absolute atomic E-state index is 10.4. The first-order valence-corrected chi connectivity index (χ1v) is 9.68. The highest BCUT2D eigenvalue weighted by atomic mass is 16.5. The molecule has 1 heterocycles. The average Bonchev–Trinajstić information content (AvgIpc) is 2.97. The third-order valence-corrected chi connectivity index (χ3v) is 4.55. The first-order chi connectivity index (χ1) is 12.4. The zero-order valence-corrected chi connectivity index (χ0v) is 15.7. The van der Waals surface area contributed by atoms with E-state index in [-0.39, 0.29) is 6.42 Å². The average molecular weight is 370 g/mol. The number of hydrogen-bond donors (Lipinski definition) is 4. The van der Waals surface area contributed by atoms with E-state index >= 15 is 0 Å². The molecule has 26 heavy (non-hydrogen) atoms. The van der Waals surface area contributed by atoms with E-state index in [0.29, 0.717) is 32.1 Å². The predicted molar refractivity (Wildman–Crippen MR) is 99.8 cm³/mol. The van der Waals surface area contributed by atoms with E-state index in [1.807, 2.05) is 12.2 Å². The van der Waals surface area contributed by atoms with Crippen LogP contribution in [0.5, 0.6) is 0 Å². The summed E-state index contributed by atoms with van der Waals surface area (Å²) in [5.41, 5.74) is 0. The zero-order chi connectivity index (χ0) is 19.4. The summed E-state index contributed by atoms with van der Waals surface area (Å²) >= 11 is 0. The lowest BCUT2D eigenvalue weighted by atomic mass is 10.0. The number of carbonyl (C=O) groups is 1. The Morgan fingerprint density at radius 3 is 2.69 bits per heavy atom. The summed E-state index contributed by atoms with van der Waals surface area (Å²) in [6, 6.07) is 0. The van der Waals surface area contributed by atoms with Crippen LogP contribution < -0.4 is 0 Å². The fourth-order valence-electron chi connectivity index (χ4n) is 2.96. The monoisotopic (exact) mass is 370 g/mol. The van der Waals surface area contributed by atoms with Gasteiger partial charge in [-0.05, 0) is 25.7 Å². The van der Waals surface area contributed by atoms with Crippen molar-refractivity contribution < 1.29 is 30.0 Å². The molecule has 1 aliphatic rings. The molecule has 0 spiro atoms. The number of allylic oxidation sites excluding steroid dienone is 1. The number of rotatable bonds is 13. The van der Waals surface area contributed by atoms with E-state index in [4.69, 9.17) is 9.84 Å². The predicted octanol–water partition coefficient (Wildman–Crippen LogP) is 2.56. The van der Waals surface area contributed by atoms with Crippen molar-refractivity contribution in [3.8, 4) is 0 Å². The summed E-state index contributed by atoms with van der Waals surface area (Å²) in [6.45, 7) is 2.11. The number of carboxylic acids is 1. The molecule has 0 aliphatic carbocycles. The summed E-state index contributed by atoms with van der Waals surface area (Å²) in [6.07, 6.45) is 10.2. The molecule has 0 unspecified atom stereocenters. The second-order valence-electron chi connectivity index (χ2n) is 6.95. The van der Waals surface area contributed by atoms with Gasteiger partial charge in [0, 0.05) is 12.8 Å². The molecule has 0 saturated carbocycles. The Morgan fingerprint density at radius 2 is 2.00 bits per heavy atom. The first-order valence-electron chi connectivity index (χ1n) is 9.68. The number of hydrogen-bond acceptors (Lipinski definition) is 5. The van der Waals surface area contributed by atoms with Crippen LogP contribution >= 0.6 is 0 Å². The van der Waals surface area contributed by atoms with Crippen LogP contribution in [0.3, 0.4) is 0 Å². The Labute approximate surface area is 156 Å².